The van der Waals surface area contributed by atoms with Crippen LogP contribution in [0.4, 0.5) is 10.1 Å². The number of hydrazine groups is 1. The fourth-order valence-corrected chi connectivity index (χ4v) is 2.30. The molecule has 0 aliphatic heterocycles. The molecule has 20 heavy (non-hydrogen) atoms. The molecule has 1 amide bonds. The van der Waals surface area contributed by atoms with Gasteiger partial charge in [-0.05, 0) is 42.2 Å². The Balaban J connectivity index is 2.61. The van der Waals surface area contributed by atoms with Crippen LogP contribution in [0.3, 0.4) is 0 Å². The van der Waals surface area contributed by atoms with Crippen LogP contribution in [0.1, 0.15) is 13.3 Å². The first-order valence-electron chi connectivity index (χ1n) is 6.33. The van der Waals surface area contributed by atoms with Crippen LogP contribution in [0, 0.1) is 5.82 Å². The molecule has 2 atom stereocenters. The lowest BCUT2D eigenvalue weighted by molar-refractivity contribution is -0.127. The largest absolute Gasteiger partial charge is 0.382 e. The fraction of sp³-hybridized carbons (Fsp3) is 0.462. The van der Waals surface area contributed by atoms with Crippen LogP contribution in [0.25, 0.3) is 0 Å². The summed E-state index contributed by atoms with van der Waals surface area (Å²) >= 11 is 1.68. The van der Waals surface area contributed by atoms with Gasteiger partial charge in [0.2, 0.25) is 0 Å². The molecule has 5 nitrogen and oxygen atoms in total. The lowest BCUT2D eigenvalue weighted by Gasteiger charge is -2.23. The van der Waals surface area contributed by atoms with E-state index in [1.54, 1.807) is 11.8 Å². The smallest absolute Gasteiger partial charge is 0.271 e. The predicted octanol–water partition coefficient (Wildman–Crippen LogP) is 0.864. The molecule has 0 spiro atoms. The first kappa shape index (κ1) is 16.9. The first-order valence-corrected chi connectivity index (χ1v) is 7.48. The standard InChI is InChI=1S/C13H20FN3O2S/c1-2-20-8-7-11(15)12(18)13(19)17(16)10-5-3-9(14)4-6-10/h3-6,11-12,18H,2,7-8,15-16H2,1H3/t11-,12?/m1/s1. The lowest BCUT2D eigenvalue weighted by atomic mass is 10.1. The van der Waals surface area contributed by atoms with Gasteiger partial charge in [0.15, 0.2) is 0 Å². The van der Waals surface area contributed by atoms with Crippen LogP contribution in [-0.4, -0.2) is 34.7 Å². The van der Waals surface area contributed by atoms with Gasteiger partial charge in [0.1, 0.15) is 11.9 Å². The minimum absolute atomic E-state index is 0.297. The summed E-state index contributed by atoms with van der Waals surface area (Å²) < 4.78 is 12.8. The lowest BCUT2D eigenvalue weighted by Crippen LogP contribution is -2.51. The monoisotopic (exact) mass is 301 g/mol. The molecule has 1 aromatic carbocycles. The number of thioether (sulfide) groups is 1. The predicted molar refractivity (Wildman–Crippen MR) is 79.7 cm³/mol. The highest BCUT2D eigenvalue weighted by Crippen LogP contribution is 2.14. The molecule has 0 bridgehead atoms. The molecule has 112 valence electrons. The molecule has 0 saturated heterocycles. The molecule has 1 rings (SSSR count). The van der Waals surface area contributed by atoms with Gasteiger partial charge in [-0.1, -0.05) is 6.92 Å². The van der Waals surface area contributed by atoms with Gasteiger partial charge in [-0.2, -0.15) is 11.8 Å². The van der Waals surface area contributed by atoms with E-state index >= 15 is 0 Å². The highest BCUT2D eigenvalue weighted by Gasteiger charge is 2.26. The van der Waals surface area contributed by atoms with Gasteiger partial charge >= 0.3 is 0 Å². The van der Waals surface area contributed by atoms with Crippen LogP contribution in [0.2, 0.25) is 0 Å². The van der Waals surface area contributed by atoms with E-state index in [4.69, 9.17) is 11.6 Å². The number of hydrogen-bond donors (Lipinski definition) is 3. The number of aliphatic hydroxyl groups excluding tert-OH is 1. The molecule has 0 aliphatic carbocycles. The average molecular weight is 301 g/mol. The summed E-state index contributed by atoms with van der Waals surface area (Å²) in [5.41, 5.74) is 6.07. The number of carbonyl (C=O) groups is 1. The van der Waals surface area contributed by atoms with E-state index in [0.29, 0.717) is 12.1 Å². The zero-order valence-corrected chi connectivity index (χ0v) is 12.1. The van der Waals surface area contributed by atoms with Gasteiger partial charge in [-0.25, -0.2) is 15.2 Å². The third kappa shape index (κ3) is 4.75. The number of nitrogens with two attached hydrogens (primary N) is 2. The molecule has 0 radical (unpaired) electrons. The number of nitrogens with zero attached hydrogens (tertiary/aromatic N) is 1. The van der Waals surface area contributed by atoms with Crippen molar-refractivity contribution in [2.45, 2.75) is 25.5 Å². The van der Waals surface area contributed by atoms with E-state index < -0.39 is 23.9 Å². The molecular weight excluding hydrogens is 281 g/mol. The zero-order chi connectivity index (χ0) is 15.1. The molecule has 0 saturated carbocycles. The molecule has 7 heteroatoms. The second kappa shape index (κ2) is 8.21. The summed E-state index contributed by atoms with van der Waals surface area (Å²) in [5, 5.41) is 10.7. The van der Waals surface area contributed by atoms with Crippen molar-refractivity contribution >= 4 is 23.4 Å². The highest BCUT2D eigenvalue weighted by atomic mass is 32.2. The van der Waals surface area contributed by atoms with Crippen molar-refractivity contribution in [3.8, 4) is 0 Å². The minimum Gasteiger partial charge on any atom is -0.382 e. The summed E-state index contributed by atoms with van der Waals surface area (Å²) in [6.45, 7) is 2.02. The number of amides is 1. The second-order valence-corrected chi connectivity index (χ2v) is 5.67. The maximum absolute atomic E-state index is 12.8. The summed E-state index contributed by atoms with van der Waals surface area (Å²) in [6.07, 6.45) is -0.856. The van der Waals surface area contributed by atoms with E-state index in [1.807, 2.05) is 6.92 Å². The number of hydrogen-bond acceptors (Lipinski definition) is 5. The van der Waals surface area contributed by atoms with Crippen LogP contribution < -0.4 is 16.6 Å². The van der Waals surface area contributed by atoms with Crippen LogP contribution in [-0.2, 0) is 4.79 Å². The Morgan fingerprint density at radius 3 is 2.60 bits per heavy atom. The van der Waals surface area contributed by atoms with E-state index in [9.17, 15) is 14.3 Å². The number of rotatable bonds is 7. The van der Waals surface area contributed by atoms with Crippen molar-refractivity contribution in [2.24, 2.45) is 11.6 Å². The van der Waals surface area contributed by atoms with E-state index in [1.165, 1.54) is 24.3 Å². The van der Waals surface area contributed by atoms with E-state index in [2.05, 4.69) is 0 Å². The Hall–Kier alpha value is -1.15. The van der Waals surface area contributed by atoms with Gasteiger partial charge < -0.3 is 10.8 Å². The third-order valence-electron chi connectivity index (χ3n) is 2.80. The van der Waals surface area contributed by atoms with Crippen molar-refractivity contribution < 1.29 is 14.3 Å². The van der Waals surface area contributed by atoms with Crippen LogP contribution in [0.15, 0.2) is 24.3 Å². The van der Waals surface area contributed by atoms with Gasteiger partial charge in [-0.3, -0.25) is 4.79 Å². The Kier molecular flexibility index (Phi) is 6.94. The Bertz CT molecular complexity index is 430. The molecule has 5 N–H and O–H groups in total. The highest BCUT2D eigenvalue weighted by molar-refractivity contribution is 7.99. The van der Waals surface area contributed by atoms with Crippen molar-refractivity contribution in [1.82, 2.24) is 0 Å². The van der Waals surface area contributed by atoms with Gasteiger partial charge in [0.25, 0.3) is 5.91 Å². The summed E-state index contributed by atoms with van der Waals surface area (Å²) in [7, 11) is 0. The van der Waals surface area contributed by atoms with Crippen molar-refractivity contribution in [1.29, 1.82) is 0 Å². The SMILES string of the molecule is CCSCC[C@@H](N)C(O)C(=O)N(N)c1ccc(F)cc1. The van der Waals surface area contributed by atoms with E-state index in [0.717, 1.165) is 16.5 Å². The molecule has 0 heterocycles. The summed E-state index contributed by atoms with van der Waals surface area (Å²) in [6, 6.07) is 4.42. The van der Waals surface area contributed by atoms with Gasteiger partial charge in [0, 0.05) is 6.04 Å². The Morgan fingerprint density at radius 2 is 2.05 bits per heavy atom. The van der Waals surface area contributed by atoms with Gasteiger partial charge in [-0.15, -0.1) is 0 Å². The maximum Gasteiger partial charge on any atom is 0.271 e. The quantitative estimate of drug-likeness (QED) is 0.301. The van der Waals surface area contributed by atoms with Crippen molar-refractivity contribution in [2.75, 3.05) is 16.5 Å². The van der Waals surface area contributed by atoms with Crippen molar-refractivity contribution in [3.63, 3.8) is 0 Å². The molecule has 0 fully saturated rings. The molecule has 1 aromatic rings. The average Bonchev–Trinajstić information content (AvgIpc) is 2.46. The van der Waals surface area contributed by atoms with Crippen molar-refractivity contribution in [3.05, 3.63) is 30.1 Å². The summed E-state index contributed by atoms with van der Waals surface area (Å²) in [5.74, 6) is 6.21. The maximum atomic E-state index is 12.8. The topological polar surface area (TPSA) is 92.6 Å². The summed E-state index contributed by atoms with van der Waals surface area (Å²) in [4.78, 5) is 12.0. The molecular formula is C13H20FN3O2S. The van der Waals surface area contributed by atoms with Crippen LogP contribution in [0.5, 0.6) is 0 Å². The second-order valence-electron chi connectivity index (χ2n) is 4.28. The number of benzene rings is 1. The first-order chi connectivity index (χ1) is 9.47. The minimum atomic E-state index is -1.37. The number of halogens is 1. The molecule has 1 unspecified atom stereocenters. The Morgan fingerprint density at radius 1 is 1.45 bits per heavy atom. The molecule has 0 aromatic heterocycles. The molecule has 0 aliphatic rings. The Labute approximate surface area is 122 Å². The van der Waals surface area contributed by atoms with Gasteiger partial charge in [0.05, 0.1) is 5.69 Å². The fourth-order valence-electron chi connectivity index (χ4n) is 1.58. The van der Waals surface area contributed by atoms with E-state index in [-0.39, 0.29) is 0 Å². The zero-order valence-electron chi connectivity index (χ0n) is 11.3. The normalized spacial score (nSPS) is 13.8. The number of carbonyl (C=O) groups excluding carboxylic acids is 1. The third-order valence-corrected chi connectivity index (χ3v) is 3.73. The number of aliphatic hydroxyl groups is 1. The number of anilines is 1. The van der Waals surface area contributed by atoms with Crippen LogP contribution >= 0.6 is 11.8 Å².